The molecule has 2 unspecified atom stereocenters. The van der Waals surface area contributed by atoms with Crippen LogP contribution in [0.1, 0.15) is 51.4 Å². The molecule has 0 aliphatic rings. The van der Waals surface area contributed by atoms with Crippen molar-refractivity contribution in [3.63, 3.8) is 0 Å². The van der Waals surface area contributed by atoms with E-state index < -0.39 is 0 Å². The van der Waals surface area contributed by atoms with Crippen molar-refractivity contribution in [1.82, 2.24) is 10.6 Å². The van der Waals surface area contributed by atoms with Crippen LogP contribution in [0.5, 0.6) is 0 Å². The molecule has 0 amide bonds. The van der Waals surface area contributed by atoms with Gasteiger partial charge in [0.2, 0.25) is 0 Å². The summed E-state index contributed by atoms with van der Waals surface area (Å²) in [6, 6.07) is 0.610. The molecule has 0 bridgehead atoms. The first-order valence-corrected chi connectivity index (χ1v) is 9.03. The molecule has 0 aromatic carbocycles. The highest BCUT2D eigenvalue weighted by Gasteiger charge is 2.05. The summed E-state index contributed by atoms with van der Waals surface area (Å²) >= 11 is 0. The van der Waals surface area contributed by atoms with E-state index in [1.807, 2.05) is 0 Å². The molecular weight excluding hydrogens is 276 g/mol. The van der Waals surface area contributed by atoms with Crippen LogP contribution in [0.3, 0.4) is 0 Å². The lowest BCUT2D eigenvalue weighted by atomic mass is 10.0. The molecular formula is C16H40N6. The van der Waals surface area contributed by atoms with Gasteiger partial charge in [0.15, 0.2) is 0 Å². The van der Waals surface area contributed by atoms with Crippen LogP contribution in [-0.2, 0) is 0 Å². The predicted octanol–water partition coefficient (Wildman–Crippen LogP) is -0.142. The average molecular weight is 317 g/mol. The summed E-state index contributed by atoms with van der Waals surface area (Å²) in [5.41, 5.74) is 23.1. The first kappa shape index (κ1) is 21.8. The summed E-state index contributed by atoms with van der Waals surface area (Å²) in [4.78, 5) is 0. The maximum atomic E-state index is 6.12. The van der Waals surface area contributed by atoms with Crippen LogP contribution < -0.4 is 33.6 Å². The number of hydrogen-bond acceptors (Lipinski definition) is 6. The Morgan fingerprint density at radius 3 is 1.32 bits per heavy atom. The van der Waals surface area contributed by atoms with E-state index in [2.05, 4.69) is 10.6 Å². The number of unbranched alkanes of at least 4 members (excludes halogenated alkanes) is 1. The largest absolute Gasteiger partial charge is 0.330 e. The average Bonchev–Trinajstić information content (AvgIpc) is 2.51. The second kappa shape index (κ2) is 17.1. The molecule has 0 aliphatic heterocycles. The lowest BCUT2D eigenvalue weighted by Gasteiger charge is -2.14. The fraction of sp³-hybridized carbons (Fsp3) is 1.00. The second-order valence-electron chi connectivity index (χ2n) is 6.17. The predicted molar refractivity (Wildman–Crippen MR) is 96.7 cm³/mol. The Morgan fingerprint density at radius 1 is 0.545 bits per heavy atom. The molecule has 22 heavy (non-hydrogen) atoms. The van der Waals surface area contributed by atoms with Crippen LogP contribution >= 0.6 is 0 Å². The van der Waals surface area contributed by atoms with Gasteiger partial charge in [0.25, 0.3) is 0 Å². The molecule has 0 saturated carbocycles. The maximum absolute atomic E-state index is 6.12. The monoisotopic (exact) mass is 316 g/mol. The molecule has 2 atom stereocenters. The lowest BCUT2D eigenvalue weighted by Crippen LogP contribution is -2.29. The summed E-state index contributed by atoms with van der Waals surface area (Å²) in [6.07, 6.45) is 8.71. The maximum Gasteiger partial charge on any atom is 0.00509 e. The molecule has 0 saturated heterocycles. The van der Waals surface area contributed by atoms with Gasteiger partial charge in [0.05, 0.1) is 0 Å². The van der Waals surface area contributed by atoms with E-state index in [1.54, 1.807) is 0 Å². The zero-order valence-electron chi connectivity index (χ0n) is 14.4. The van der Waals surface area contributed by atoms with E-state index in [-0.39, 0.29) is 0 Å². The van der Waals surface area contributed by atoms with E-state index in [0.717, 1.165) is 77.8 Å². The Bertz CT molecular complexity index is 193. The van der Waals surface area contributed by atoms with Crippen molar-refractivity contribution in [1.29, 1.82) is 0 Å². The fourth-order valence-corrected chi connectivity index (χ4v) is 2.38. The van der Waals surface area contributed by atoms with Gasteiger partial charge in [-0.25, -0.2) is 0 Å². The minimum absolute atomic E-state index is 0.305. The topological polar surface area (TPSA) is 128 Å². The molecule has 6 heteroatoms. The third-order valence-corrected chi connectivity index (χ3v) is 3.90. The van der Waals surface area contributed by atoms with Crippen molar-refractivity contribution in [3.8, 4) is 0 Å². The van der Waals surface area contributed by atoms with Crippen LogP contribution in [-0.4, -0.2) is 51.4 Å². The molecule has 6 nitrogen and oxygen atoms in total. The minimum atomic E-state index is 0.305. The van der Waals surface area contributed by atoms with E-state index >= 15 is 0 Å². The van der Waals surface area contributed by atoms with Gasteiger partial charge in [-0.2, -0.15) is 0 Å². The summed E-state index contributed by atoms with van der Waals surface area (Å²) in [5, 5.41) is 6.74. The minimum Gasteiger partial charge on any atom is -0.330 e. The first-order chi connectivity index (χ1) is 10.7. The zero-order chi connectivity index (χ0) is 16.5. The highest BCUT2D eigenvalue weighted by atomic mass is 14.9. The molecule has 10 N–H and O–H groups in total. The summed E-state index contributed by atoms with van der Waals surface area (Å²) < 4.78 is 0. The Hall–Kier alpha value is -0.240. The molecule has 0 heterocycles. The summed E-state index contributed by atoms with van der Waals surface area (Å²) in [7, 11) is 0. The molecule has 0 radical (unpaired) electrons. The van der Waals surface area contributed by atoms with Crippen LogP contribution in [0.25, 0.3) is 0 Å². The van der Waals surface area contributed by atoms with Crippen molar-refractivity contribution < 1.29 is 0 Å². The Balaban J connectivity index is 3.28. The molecule has 134 valence electrons. The van der Waals surface area contributed by atoms with Crippen molar-refractivity contribution in [2.75, 3.05) is 39.3 Å². The standard InChI is InChI=1S/C16H40N6/c17-9-3-11-21-13-7-15(19)5-1-2-6-16(20)8-14-22-12-4-10-18/h15-16,21-22H,1-14,17-20H2. The molecule has 0 spiro atoms. The van der Waals surface area contributed by atoms with Crippen LogP contribution in [0.4, 0.5) is 0 Å². The molecule has 0 aromatic heterocycles. The number of nitrogens with one attached hydrogen (secondary N) is 2. The van der Waals surface area contributed by atoms with Gasteiger partial charge in [0, 0.05) is 12.1 Å². The summed E-state index contributed by atoms with van der Waals surface area (Å²) in [6.45, 7) is 5.49. The lowest BCUT2D eigenvalue weighted by molar-refractivity contribution is 0.469. The smallest absolute Gasteiger partial charge is 0.00509 e. The van der Waals surface area contributed by atoms with Crippen LogP contribution in [0.2, 0.25) is 0 Å². The second-order valence-corrected chi connectivity index (χ2v) is 6.17. The van der Waals surface area contributed by atoms with Gasteiger partial charge in [-0.1, -0.05) is 12.8 Å². The molecule has 0 fully saturated rings. The van der Waals surface area contributed by atoms with Crippen molar-refractivity contribution in [2.24, 2.45) is 22.9 Å². The Morgan fingerprint density at radius 2 is 0.955 bits per heavy atom. The van der Waals surface area contributed by atoms with E-state index in [1.165, 1.54) is 12.8 Å². The third kappa shape index (κ3) is 16.1. The van der Waals surface area contributed by atoms with Crippen molar-refractivity contribution in [3.05, 3.63) is 0 Å². The molecule has 0 rings (SSSR count). The Kier molecular flexibility index (Phi) is 16.9. The normalized spacial score (nSPS) is 14.2. The number of hydrogen-bond donors (Lipinski definition) is 6. The van der Waals surface area contributed by atoms with Gasteiger partial charge in [0.1, 0.15) is 0 Å². The first-order valence-electron chi connectivity index (χ1n) is 9.03. The highest BCUT2D eigenvalue weighted by molar-refractivity contribution is 4.67. The van der Waals surface area contributed by atoms with Gasteiger partial charge < -0.3 is 33.6 Å². The van der Waals surface area contributed by atoms with Crippen LogP contribution in [0.15, 0.2) is 0 Å². The quantitative estimate of drug-likeness (QED) is 0.207. The number of rotatable bonds is 17. The SMILES string of the molecule is NCCCNCCC(N)CCCCC(N)CCNCCCN. The van der Waals surface area contributed by atoms with Crippen molar-refractivity contribution in [2.45, 2.75) is 63.5 Å². The summed E-state index contributed by atoms with van der Waals surface area (Å²) in [5.74, 6) is 0. The van der Waals surface area contributed by atoms with Crippen molar-refractivity contribution >= 4 is 0 Å². The van der Waals surface area contributed by atoms with E-state index in [9.17, 15) is 0 Å². The Labute approximate surface area is 137 Å². The van der Waals surface area contributed by atoms with Gasteiger partial charge in [-0.3, -0.25) is 0 Å². The third-order valence-electron chi connectivity index (χ3n) is 3.90. The molecule has 0 aliphatic carbocycles. The van der Waals surface area contributed by atoms with Gasteiger partial charge >= 0.3 is 0 Å². The molecule has 0 aromatic rings. The van der Waals surface area contributed by atoms with Gasteiger partial charge in [-0.15, -0.1) is 0 Å². The fourth-order valence-electron chi connectivity index (χ4n) is 2.38. The van der Waals surface area contributed by atoms with Crippen LogP contribution in [0, 0.1) is 0 Å². The zero-order valence-corrected chi connectivity index (χ0v) is 14.4. The van der Waals surface area contributed by atoms with E-state index in [0.29, 0.717) is 12.1 Å². The van der Waals surface area contributed by atoms with Gasteiger partial charge in [-0.05, 0) is 77.8 Å². The highest BCUT2D eigenvalue weighted by Crippen LogP contribution is 2.07. The number of nitrogens with two attached hydrogens (primary N) is 4. The van der Waals surface area contributed by atoms with E-state index in [4.69, 9.17) is 22.9 Å².